The lowest BCUT2D eigenvalue weighted by Crippen LogP contribution is -2.26. The number of fused-ring (bicyclic) bond motifs is 2. The van der Waals surface area contributed by atoms with Gasteiger partial charge >= 0.3 is 11.7 Å². The fourth-order valence-electron chi connectivity index (χ4n) is 4.05. The third-order valence-electron chi connectivity index (χ3n) is 5.54. The van der Waals surface area contributed by atoms with Gasteiger partial charge in [0.25, 0.3) is 0 Å². The second-order valence-electron chi connectivity index (χ2n) is 7.36. The number of carboxylic acids is 1. The molecule has 0 aliphatic rings. The number of pyridine rings is 1. The number of imidazole rings is 1. The quantitative estimate of drug-likeness (QED) is 0.461. The molecule has 0 aliphatic carbocycles. The van der Waals surface area contributed by atoms with Crippen LogP contribution in [0.5, 0.6) is 5.75 Å². The van der Waals surface area contributed by atoms with E-state index in [2.05, 4.69) is 10.1 Å². The Bertz CT molecular complexity index is 1560. The van der Waals surface area contributed by atoms with Gasteiger partial charge in [-0.25, -0.2) is 4.79 Å². The monoisotopic (exact) mass is 429 g/mol. The van der Waals surface area contributed by atoms with Crippen molar-refractivity contribution in [2.75, 3.05) is 7.11 Å². The van der Waals surface area contributed by atoms with Crippen LogP contribution < -0.4 is 10.4 Å². The van der Waals surface area contributed by atoms with Gasteiger partial charge in [0.05, 0.1) is 41.7 Å². The first kappa shape index (κ1) is 19.6. The number of hydrogen-bond acceptors (Lipinski definition) is 5. The number of para-hydroxylation sites is 2. The summed E-state index contributed by atoms with van der Waals surface area (Å²) in [6.07, 6.45) is 5.31. The van der Waals surface area contributed by atoms with E-state index >= 15 is 0 Å². The molecule has 0 saturated heterocycles. The number of benzene rings is 2. The molecule has 0 radical (unpaired) electrons. The van der Waals surface area contributed by atoms with E-state index in [4.69, 9.17) is 4.74 Å². The van der Waals surface area contributed by atoms with Crippen LogP contribution in [0.1, 0.15) is 0 Å². The average molecular weight is 429 g/mol. The number of hydrogen-bond donors (Lipinski definition) is 1. The summed E-state index contributed by atoms with van der Waals surface area (Å²) in [7, 11) is 3.39. The zero-order valence-electron chi connectivity index (χ0n) is 17.4. The normalized spacial score (nSPS) is 11.3. The van der Waals surface area contributed by atoms with E-state index in [9.17, 15) is 14.7 Å². The SMILES string of the molecule is COc1cc(-c2cncc3c2cnn3C)ccc1-n1c(=O)n(CC(=O)O)c2ccccc21. The molecule has 5 aromatic rings. The summed E-state index contributed by atoms with van der Waals surface area (Å²) in [5.74, 6) is -0.613. The third kappa shape index (κ3) is 2.94. The average Bonchev–Trinajstić information content (AvgIpc) is 3.31. The van der Waals surface area contributed by atoms with Crippen molar-refractivity contribution in [2.24, 2.45) is 7.05 Å². The molecule has 2 aromatic carbocycles. The van der Waals surface area contributed by atoms with Gasteiger partial charge in [-0.05, 0) is 29.8 Å². The number of carboxylic acid groups (broad SMARTS) is 1. The highest BCUT2D eigenvalue weighted by Crippen LogP contribution is 2.33. The Hall–Kier alpha value is -4.40. The van der Waals surface area contributed by atoms with Crippen LogP contribution in [-0.4, -0.2) is 42.1 Å². The molecule has 0 atom stereocenters. The molecule has 0 amide bonds. The van der Waals surface area contributed by atoms with Crippen molar-refractivity contribution in [1.29, 1.82) is 0 Å². The first-order chi connectivity index (χ1) is 15.5. The lowest BCUT2D eigenvalue weighted by molar-refractivity contribution is -0.137. The first-order valence-corrected chi connectivity index (χ1v) is 9.86. The summed E-state index contributed by atoms with van der Waals surface area (Å²) >= 11 is 0. The predicted octanol–water partition coefficient (Wildman–Crippen LogP) is 2.83. The summed E-state index contributed by atoms with van der Waals surface area (Å²) in [6, 6.07) is 12.6. The number of aliphatic carboxylic acids is 1. The summed E-state index contributed by atoms with van der Waals surface area (Å²) < 4.78 is 10.1. The summed E-state index contributed by atoms with van der Waals surface area (Å²) in [4.78, 5) is 28.9. The lowest BCUT2D eigenvalue weighted by atomic mass is 10.0. The Morgan fingerprint density at radius 2 is 1.84 bits per heavy atom. The van der Waals surface area contributed by atoms with Gasteiger partial charge in [0.15, 0.2) is 0 Å². The molecule has 0 aliphatic heterocycles. The van der Waals surface area contributed by atoms with Gasteiger partial charge in [-0.2, -0.15) is 5.10 Å². The van der Waals surface area contributed by atoms with E-state index in [0.29, 0.717) is 22.5 Å². The van der Waals surface area contributed by atoms with Crippen molar-refractivity contribution < 1.29 is 14.6 Å². The molecule has 9 nitrogen and oxygen atoms in total. The largest absolute Gasteiger partial charge is 0.495 e. The Morgan fingerprint density at radius 1 is 1.06 bits per heavy atom. The minimum Gasteiger partial charge on any atom is -0.495 e. The van der Waals surface area contributed by atoms with Gasteiger partial charge in [0, 0.05) is 24.2 Å². The second-order valence-corrected chi connectivity index (χ2v) is 7.36. The van der Waals surface area contributed by atoms with Gasteiger partial charge in [-0.1, -0.05) is 18.2 Å². The van der Waals surface area contributed by atoms with Gasteiger partial charge in [0.2, 0.25) is 0 Å². The Morgan fingerprint density at radius 3 is 2.59 bits per heavy atom. The van der Waals surface area contributed by atoms with Crippen molar-refractivity contribution in [3.05, 3.63) is 71.5 Å². The maximum absolute atomic E-state index is 13.2. The maximum Gasteiger partial charge on any atom is 0.334 e. The smallest absolute Gasteiger partial charge is 0.334 e. The molecule has 160 valence electrons. The van der Waals surface area contributed by atoms with Crippen LogP contribution in [0.4, 0.5) is 0 Å². The Labute approximate surface area is 181 Å². The van der Waals surface area contributed by atoms with Crippen molar-refractivity contribution >= 4 is 27.9 Å². The molecule has 3 heterocycles. The Balaban J connectivity index is 1.73. The maximum atomic E-state index is 13.2. The van der Waals surface area contributed by atoms with E-state index in [-0.39, 0.29) is 0 Å². The van der Waals surface area contributed by atoms with E-state index in [1.54, 1.807) is 53.6 Å². The van der Waals surface area contributed by atoms with Crippen LogP contribution in [0.3, 0.4) is 0 Å². The molecule has 0 spiro atoms. The summed E-state index contributed by atoms with van der Waals surface area (Å²) in [5.41, 5.74) is 3.86. The van der Waals surface area contributed by atoms with Gasteiger partial charge in [-0.15, -0.1) is 0 Å². The van der Waals surface area contributed by atoms with E-state index in [0.717, 1.165) is 22.0 Å². The van der Waals surface area contributed by atoms with Crippen LogP contribution in [0.25, 0.3) is 38.8 Å². The van der Waals surface area contributed by atoms with Gasteiger partial charge < -0.3 is 9.84 Å². The Kier molecular flexibility index (Phi) is 4.51. The fourth-order valence-corrected chi connectivity index (χ4v) is 4.05. The molecule has 0 fully saturated rings. The molecule has 0 bridgehead atoms. The fraction of sp³-hybridized carbons (Fsp3) is 0.130. The van der Waals surface area contributed by atoms with Crippen molar-refractivity contribution in [2.45, 2.75) is 6.54 Å². The van der Waals surface area contributed by atoms with Crippen molar-refractivity contribution in [3.8, 4) is 22.6 Å². The highest BCUT2D eigenvalue weighted by Gasteiger charge is 2.19. The van der Waals surface area contributed by atoms with Gasteiger partial charge in [0.1, 0.15) is 12.3 Å². The van der Waals surface area contributed by atoms with Crippen LogP contribution in [0, 0.1) is 0 Å². The molecule has 0 unspecified atom stereocenters. The number of aromatic nitrogens is 5. The number of ether oxygens (including phenoxy) is 1. The topological polar surface area (TPSA) is 104 Å². The molecule has 1 N–H and O–H groups in total. The summed E-state index contributed by atoms with van der Waals surface area (Å²) in [6.45, 7) is -0.429. The van der Waals surface area contributed by atoms with Gasteiger partial charge in [-0.3, -0.25) is 23.6 Å². The van der Waals surface area contributed by atoms with Crippen LogP contribution >= 0.6 is 0 Å². The van der Waals surface area contributed by atoms with Crippen molar-refractivity contribution in [1.82, 2.24) is 23.9 Å². The highest BCUT2D eigenvalue weighted by atomic mass is 16.5. The molecule has 32 heavy (non-hydrogen) atoms. The standard InChI is InChI=1S/C23H19N5O4/c1-26-20-12-24-10-15(16(20)11-25-26)14-7-8-19(21(9-14)32-2)28-18-6-4-3-5-17(18)27(23(28)31)13-22(29)30/h3-12H,13H2,1-2H3,(H,29,30). The number of aryl methyl sites for hydroxylation is 1. The van der Waals surface area contributed by atoms with E-state index in [1.165, 1.54) is 16.2 Å². The molecule has 9 heteroatoms. The van der Waals surface area contributed by atoms with Crippen molar-refractivity contribution in [3.63, 3.8) is 0 Å². The number of methoxy groups -OCH3 is 1. The first-order valence-electron chi connectivity index (χ1n) is 9.86. The zero-order valence-corrected chi connectivity index (χ0v) is 17.4. The molecule has 5 rings (SSSR count). The van der Waals surface area contributed by atoms with E-state index in [1.807, 2.05) is 19.2 Å². The van der Waals surface area contributed by atoms with Crippen LogP contribution in [-0.2, 0) is 18.4 Å². The lowest BCUT2D eigenvalue weighted by Gasteiger charge is -2.12. The number of rotatable bonds is 5. The molecule has 0 saturated carbocycles. The molecular formula is C23H19N5O4. The predicted molar refractivity (Wildman–Crippen MR) is 119 cm³/mol. The molecule has 3 aromatic heterocycles. The highest BCUT2D eigenvalue weighted by molar-refractivity contribution is 5.94. The van der Waals surface area contributed by atoms with Crippen LogP contribution in [0.15, 0.2) is 65.8 Å². The second kappa shape index (κ2) is 7.38. The summed E-state index contributed by atoms with van der Waals surface area (Å²) in [5, 5.41) is 14.5. The molecular weight excluding hydrogens is 410 g/mol. The van der Waals surface area contributed by atoms with E-state index < -0.39 is 18.2 Å². The third-order valence-corrected chi connectivity index (χ3v) is 5.54. The zero-order chi connectivity index (χ0) is 22.4. The van der Waals surface area contributed by atoms with Crippen LogP contribution in [0.2, 0.25) is 0 Å². The number of carbonyl (C=O) groups is 1. The minimum absolute atomic E-state index is 0.429. The minimum atomic E-state index is -1.09. The number of nitrogens with zero attached hydrogens (tertiary/aromatic N) is 5.